The summed E-state index contributed by atoms with van der Waals surface area (Å²) in [5.74, 6) is -0.0786. The van der Waals surface area contributed by atoms with Crippen LogP contribution in [0.3, 0.4) is 0 Å². The van der Waals surface area contributed by atoms with Gasteiger partial charge in [0, 0.05) is 30.9 Å². The Morgan fingerprint density at radius 3 is 2.86 bits per heavy atom. The summed E-state index contributed by atoms with van der Waals surface area (Å²) in [6.07, 6.45) is 2.75. The van der Waals surface area contributed by atoms with Gasteiger partial charge in [-0.15, -0.1) is 23.7 Å². The van der Waals surface area contributed by atoms with Gasteiger partial charge in [0.05, 0.1) is 0 Å². The van der Waals surface area contributed by atoms with Crippen LogP contribution in [0.4, 0.5) is 0 Å². The molecule has 1 atom stereocenters. The smallest absolute Gasteiger partial charge is 0.250 e. The van der Waals surface area contributed by atoms with Crippen molar-refractivity contribution in [2.75, 3.05) is 19.6 Å². The van der Waals surface area contributed by atoms with Crippen LogP contribution in [0.1, 0.15) is 24.6 Å². The topological polar surface area (TPSA) is 87.3 Å². The van der Waals surface area contributed by atoms with E-state index in [0.717, 1.165) is 24.3 Å². The predicted octanol–water partition coefficient (Wildman–Crippen LogP) is 0.879. The van der Waals surface area contributed by atoms with Crippen molar-refractivity contribution in [3.63, 3.8) is 0 Å². The standard InChI is InChI=1S/C13H21N3O3S2.ClH/c1-10(17)14-8-6-12-4-5-13(20-12)21(18,19)16-9-11-3-2-7-15-11;/h4-5,11,15-16H,2-3,6-9H2,1H3,(H,14,17);1H. The molecule has 1 saturated heterocycles. The van der Waals surface area contributed by atoms with E-state index in [4.69, 9.17) is 0 Å². The fourth-order valence-corrected chi connectivity index (χ4v) is 4.69. The second kappa shape index (κ2) is 8.83. The Balaban J connectivity index is 0.00000242. The van der Waals surface area contributed by atoms with E-state index in [1.807, 2.05) is 0 Å². The number of thiophene rings is 1. The van der Waals surface area contributed by atoms with Crippen LogP contribution in [-0.2, 0) is 21.2 Å². The molecule has 126 valence electrons. The van der Waals surface area contributed by atoms with Crippen LogP contribution >= 0.6 is 23.7 Å². The maximum absolute atomic E-state index is 12.2. The fourth-order valence-electron chi connectivity index (χ4n) is 2.21. The molecule has 1 fully saturated rings. The maximum Gasteiger partial charge on any atom is 0.250 e. The van der Waals surface area contributed by atoms with Gasteiger partial charge in [-0.3, -0.25) is 4.79 Å². The number of sulfonamides is 1. The number of hydrogen-bond acceptors (Lipinski definition) is 5. The largest absolute Gasteiger partial charge is 0.356 e. The molecule has 0 radical (unpaired) electrons. The summed E-state index contributed by atoms with van der Waals surface area (Å²) in [6, 6.07) is 3.66. The molecular formula is C13H22ClN3O3S2. The first-order valence-corrected chi connectivity index (χ1v) is 9.33. The Kier molecular flexibility index (Phi) is 7.78. The second-order valence-electron chi connectivity index (χ2n) is 5.10. The summed E-state index contributed by atoms with van der Waals surface area (Å²) in [4.78, 5) is 11.7. The highest BCUT2D eigenvalue weighted by atomic mass is 35.5. The Bertz CT molecular complexity index is 583. The zero-order chi connectivity index (χ0) is 15.3. The Morgan fingerprint density at radius 1 is 1.45 bits per heavy atom. The zero-order valence-corrected chi connectivity index (χ0v) is 14.9. The first-order valence-electron chi connectivity index (χ1n) is 7.03. The van der Waals surface area contributed by atoms with Crippen molar-refractivity contribution in [3.8, 4) is 0 Å². The Morgan fingerprint density at radius 2 is 2.23 bits per heavy atom. The molecule has 0 aromatic carbocycles. The average molecular weight is 368 g/mol. The van der Waals surface area contributed by atoms with Crippen LogP contribution in [0.25, 0.3) is 0 Å². The molecule has 6 nitrogen and oxygen atoms in total. The summed E-state index contributed by atoms with van der Waals surface area (Å²) in [5.41, 5.74) is 0. The third kappa shape index (κ3) is 5.85. The highest BCUT2D eigenvalue weighted by molar-refractivity contribution is 7.91. The SMILES string of the molecule is CC(=O)NCCc1ccc(S(=O)(=O)NCC2CCCN2)s1.Cl. The van der Waals surface area contributed by atoms with Crippen molar-refractivity contribution in [1.82, 2.24) is 15.4 Å². The monoisotopic (exact) mass is 367 g/mol. The molecule has 1 unspecified atom stereocenters. The van der Waals surface area contributed by atoms with Gasteiger partial charge in [0.25, 0.3) is 0 Å². The molecule has 1 aromatic rings. The summed E-state index contributed by atoms with van der Waals surface area (Å²) < 4.78 is 27.4. The highest BCUT2D eigenvalue weighted by Gasteiger charge is 2.20. The zero-order valence-electron chi connectivity index (χ0n) is 12.4. The van der Waals surface area contributed by atoms with Gasteiger partial charge in [0.2, 0.25) is 15.9 Å². The van der Waals surface area contributed by atoms with Crippen LogP contribution in [-0.4, -0.2) is 40.0 Å². The van der Waals surface area contributed by atoms with Crippen LogP contribution in [0.2, 0.25) is 0 Å². The molecule has 1 amide bonds. The predicted molar refractivity (Wildman–Crippen MR) is 90.2 cm³/mol. The molecule has 1 aromatic heterocycles. The molecule has 0 saturated carbocycles. The number of carbonyl (C=O) groups is 1. The first kappa shape index (κ1) is 19.4. The normalized spacial score (nSPS) is 18.0. The fraction of sp³-hybridized carbons (Fsp3) is 0.615. The molecule has 0 bridgehead atoms. The maximum atomic E-state index is 12.2. The van der Waals surface area contributed by atoms with E-state index < -0.39 is 10.0 Å². The number of amides is 1. The average Bonchev–Trinajstić information content (AvgIpc) is 3.07. The summed E-state index contributed by atoms with van der Waals surface area (Å²) in [6.45, 7) is 3.38. The summed E-state index contributed by atoms with van der Waals surface area (Å²) in [7, 11) is -3.43. The van der Waals surface area contributed by atoms with Gasteiger partial charge in [-0.1, -0.05) is 0 Å². The molecule has 9 heteroatoms. The van der Waals surface area contributed by atoms with E-state index in [1.54, 1.807) is 12.1 Å². The van der Waals surface area contributed by atoms with Crippen molar-refractivity contribution >= 4 is 39.7 Å². The Hall–Kier alpha value is -0.670. The van der Waals surface area contributed by atoms with Crippen molar-refractivity contribution < 1.29 is 13.2 Å². The van der Waals surface area contributed by atoms with E-state index in [2.05, 4.69) is 15.4 Å². The molecular weight excluding hydrogens is 346 g/mol. The van der Waals surface area contributed by atoms with Crippen molar-refractivity contribution in [1.29, 1.82) is 0 Å². The molecule has 1 aliphatic rings. The quantitative estimate of drug-likeness (QED) is 0.667. The van der Waals surface area contributed by atoms with E-state index in [0.29, 0.717) is 23.7 Å². The van der Waals surface area contributed by atoms with E-state index in [1.165, 1.54) is 18.3 Å². The molecule has 22 heavy (non-hydrogen) atoms. The van der Waals surface area contributed by atoms with Gasteiger partial charge in [-0.25, -0.2) is 13.1 Å². The van der Waals surface area contributed by atoms with Gasteiger partial charge in [0.15, 0.2) is 0 Å². The summed E-state index contributed by atoms with van der Waals surface area (Å²) >= 11 is 1.25. The van der Waals surface area contributed by atoms with Crippen LogP contribution in [0, 0.1) is 0 Å². The molecule has 2 heterocycles. The van der Waals surface area contributed by atoms with Crippen LogP contribution < -0.4 is 15.4 Å². The van der Waals surface area contributed by atoms with E-state index in [9.17, 15) is 13.2 Å². The van der Waals surface area contributed by atoms with Crippen LogP contribution in [0.5, 0.6) is 0 Å². The minimum absolute atomic E-state index is 0. The second-order valence-corrected chi connectivity index (χ2v) is 8.26. The Labute approximate surface area is 141 Å². The van der Waals surface area contributed by atoms with Crippen LogP contribution in [0.15, 0.2) is 16.3 Å². The number of nitrogens with one attached hydrogen (secondary N) is 3. The summed E-state index contributed by atoms with van der Waals surface area (Å²) in [5, 5.41) is 5.96. The van der Waals surface area contributed by atoms with Crippen molar-refractivity contribution in [2.24, 2.45) is 0 Å². The van der Waals surface area contributed by atoms with Gasteiger partial charge in [-0.05, 0) is 37.9 Å². The highest BCUT2D eigenvalue weighted by Crippen LogP contribution is 2.21. The van der Waals surface area contributed by atoms with Gasteiger partial charge >= 0.3 is 0 Å². The van der Waals surface area contributed by atoms with Gasteiger partial charge in [0.1, 0.15) is 4.21 Å². The minimum Gasteiger partial charge on any atom is -0.356 e. The first-order chi connectivity index (χ1) is 9.97. The lowest BCUT2D eigenvalue weighted by atomic mass is 10.2. The lowest BCUT2D eigenvalue weighted by Gasteiger charge is -2.10. The third-order valence-corrected chi connectivity index (χ3v) is 6.39. The lowest BCUT2D eigenvalue weighted by molar-refractivity contribution is -0.118. The van der Waals surface area contributed by atoms with Crippen molar-refractivity contribution in [2.45, 2.75) is 36.4 Å². The van der Waals surface area contributed by atoms with Gasteiger partial charge in [-0.2, -0.15) is 0 Å². The molecule has 0 aliphatic carbocycles. The lowest BCUT2D eigenvalue weighted by Crippen LogP contribution is -2.36. The number of carbonyl (C=O) groups excluding carboxylic acids is 1. The van der Waals surface area contributed by atoms with E-state index >= 15 is 0 Å². The number of rotatable bonds is 7. The number of halogens is 1. The van der Waals surface area contributed by atoms with Gasteiger partial charge < -0.3 is 10.6 Å². The molecule has 1 aliphatic heterocycles. The number of hydrogen-bond donors (Lipinski definition) is 3. The molecule has 0 spiro atoms. The van der Waals surface area contributed by atoms with E-state index in [-0.39, 0.29) is 24.4 Å². The minimum atomic E-state index is -3.43. The molecule has 2 rings (SSSR count). The van der Waals surface area contributed by atoms with Crippen molar-refractivity contribution in [3.05, 3.63) is 17.0 Å². The third-order valence-electron chi connectivity index (χ3n) is 3.33. The molecule has 3 N–H and O–H groups in total.